The Morgan fingerprint density at radius 1 is 0.852 bits per heavy atom. The standard InChI is InChI=1S/C23H23O3P/c1-2-26-27(25,21-16-10-5-11-17-21)23(20-14-8-4-9-15-20)18-22(24)19-12-6-3-7-13-19/h3-17,23H,2,18H2,1H3. The number of benzene rings is 3. The Hall–Kier alpha value is -2.48. The molecule has 27 heavy (non-hydrogen) atoms. The van der Waals surface area contributed by atoms with E-state index in [-0.39, 0.29) is 12.2 Å². The van der Waals surface area contributed by atoms with E-state index in [0.717, 1.165) is 5.56 Å². The number of carbonyl (C=O) groups is 1. The van der Waals surface area contributed by atoms with Crippen LogP contribution in [0.25, 0.3) is 0 Å². The first-order valence-electron chi connectivity index (χ1n) is 9.08. The molecule has 3 nitrogen and oxygen atoms in total. The van der Waals surface area contributed by atoms with Crippen LogP contribution in [0.4, 0.5) is 0 Å². The molecule has 0 radical (unpaired) electrons. The molecule has 0 saturated heterocycles. The summed E-state index contributed by atoms with van der Waals surface area (Å²) >= 11 is 0. The highest BCUT2D eigenvalue weighted by Gasteiger charge is 2.38. The molecular weight excluding hydrogens is 355 g/mol. The van der Waals surface area contributed by atoms with Gasteiger partial charge in [-0.3, -0.25) is 9.36 Å². The fourth-order valence-corrected chi connectivity index (χ4v) is 5.83. The molecule has 0 N–H and O–H groups in total. The van der Waals surface area contributed by atoms with Crippen LogP contribution >= 0.6 is 7.37 Å². The van der Waals surface area contributed by atoms with Gasteiger partial charge in [0, 0.05) is 17.3 Å². The molecule has 3 aromatic carbocycles. The van der Waals surface area contributed by atoms with Crippen LogP contribution in [0.5, 0.6) is 0 Å². The summed E-state index contributed by atoms with van der Waals surface area (Å²) in [6.07, 6.45) is 0.125. The van der Waals surface area contributed by atoms with Crippen LogP contribution in [-0.2, 0) is 9.09 Å². The van der Waals surface area contributed by atoms with Gasteiger partial charge in [0.25, 0.3) is 0 Å². The highest BCUT2D eigenvalue weighted by Crippen LogP contribution is 2.60. The fraction of sp³-hybridized carbons (Fsp3) is 0.174. The second-order valence-electron chi connectivity index (χ2n) is 6.27. The molecular formula is C23H23O3P. The van der Waals surface area contributed by atoms with Crippen LogP contribution in [-0.4, -0.2) is 12.4 Å². The Bertz CT molecular complexity index is 908. The largest absolute Gasteiger partial charge is 0.325 e. The summed E-state index contributed by atoms with van der Waals surface area (Å²) in [6, 6.07) is 27.9. The maximum absolute atomic E-state index is 14.1. The van der Waals surface area contributed by atoms with Gasteiger partial charge in [-0.05, 0) is 24.6 Å². The van der Waals surface area contributed by atoms with Gasteiger partial charge in [0.05, 0.1) is 12.3 Å². The van der Waals surface area contributed by atoms with E-state index >= 15 is 0 Å². The van der Waals surface area contributed by atoms with E-state index in [1.165, 1.54) is 0 Å². The van der Waals surface area contributed by atoms with E-state index < -0.39 is 13.0 Å². The Kier molecular flexibility index (Phi) is 6.39. The molecule has 2 atom stereocenters. The van der Waals surface area contributed by atoms with Crippen molar-refractivity contribution >= 4 is 18.5 Å². The zero-order valence-electron chi connectivity index (χ0n) is 15.3. The minimum atomic E-state index is -3.30. The molecule has 0 spiro atoms. The van der Waals surface area contributed by atoms with E-state index in [4.69, 9.17) is 4.52 Å². The van der Waals surface area contributed by atoms with Crippen molar-refractivity contribution in [3.63, 3.8) is 0 Å². The van der Waals surface area contributed by atoms with Crippen LogP contribution in [0, 0.1) is 0 Å². The van der Waals surface area contributed by atoms with Crippen LogP contribution in [0.15, 0.2) is 91.0 Å². The molecule has 0 aromatic heterocycles. The first-order chi connectivity index (χ1) is 13.1. The second kappa shape index (κ2) is 8.94. The molecule has 138 valence electrons. The predicted octanol–water partition coefficient (Wildman–Crippen LogP) is 5.64. The summed E-state index contributed by atoms with van der Waals surface area (Å²) in [5.41, 5.74) is 0.936. The Labute approximate surface area is 160 Å². The number of carbonyl (C=O) groups excluding carboxylic acids is 1. The van der Waals surface area contributed by atoms with Crippen LogP contribution in [0.3, 0.4) is 0 Å². The van der Waals surface area contributed by atoms with Gasteiger partial charge < -0.3 is 4.52 Å². The highest BCUT2D eigenvalue weighted by atomic mass is 31.2. The van der Waals surface area contributed by atoms with E-state index in [2.05, 4.69) is 0 Å². The van der Waals surface area contributed by atoms with Crippen molar-refractivity contribution in [1.29, 1.82) is 0 Å². The quantitative estimate of drug-likeness (QED) is 0.376. The third kappa shape index (κ3) is 4.44. The van der Waals surface area contributed by atoms with Crippen molar-refractivity contribution in [2.45, 2.75) is 19.0 Å². The molecule has 3 rings (SSSR count). The van der Waals surface area contributed by atoms with Gasteiger partial charge in [-0.2, -0.15) is 0 Å². The molecule has 0 aliphatic rings. The lowest BCUT2D eigenvalue weighted by Gasteiger charge is -2.27. The molecule has 0 aliphatic carbocycles. The first-order valence-corrected chi connectivity index (χ1v) is 10.8. The summed E-state index contributed by atoms with van der Waals surface area (Å²) in [7, 11) is -3.30. The lowest BCUT2D eigenvalue weighted by Crippen LogP contribution is -2.17. The van der Waals surface area contributed by atoms with Gasteiger partial charge in [-0.15, -0.1) is 0 Å². The zero-order chi connectivity index (χ0) is 19.1. The lowest BCUT2D eigenvalue weighted by atomic mass is 10.0. The number of hydrogen-bond acceptors (Lipinski definition) is 3. The summed E-state index contributed by atoms with van der Waals surface area (Å²) in [6.45, 7) is 2.14. The average molecular weight is 378 g/mol. The predicted molar refractivity (Wildman–Crippen MR) is 110 cm³/mol. The van der Waals surface area contributed by atoms with E-state index in [0.29, 0.717) is 17.5 Å². The van der Waals surface area contributed by atoms with Crippen molar-refractivity contribution in [3.8, 4) is 0 Å². The van der Waals surface area contributed by atoms with Crippen LogP contribution < -0.4 is 5.30 Å². The third-order valence-corrected chi connectivity index (χ3v) is 7.47. The van der Waals surface area contributed by atoms with Gasteiger partial charge >= 0.3 is 0 Å². The zero-order valence-corrected chi connectivity index (χ0v) is 16.2. The van der Waals surface area contributed by atoms with Crippen molar-refractivity contribution in [2.75, 3.05) is 6.61 Å². The maximum atomic E-state index is 14.1. The van der Waals surface area contributed by atoms with Gasteiger partial charge in [0.15, 0.2) is 5.78 Å². The topological polar surface area (TPSA) is 43.4 Å². The molecule has 0 bridgehead atoms. The van der Waals surface area contributed by atoms with Crippen molar-refractivity contribution < 1.29 is 13.9 Å². The molecule has 3 aromatic rings. The molecule has 0 fully saturated rings. The van der Waals surface area contributed by atoms with Crippen molar-refractivity contribution in [3.05, 3.63) is 102 Å². The lowest BCUT2D eigenvalue weighted by molar-refractivity contribution is 0.0979. The molecule has 2 unspecified atom stereocenters. The minimum Gasteiger partial charge on any atom is -0.325 e. The van der Waals surface area contributed by atoms with Gasteiger partial charge in [-0.1, -0.05) is 78.9 Å². The molecule has 4 heteroatoms. The number of ketones is 1. The van der Waals surface area contributed by atoms with Crippen LogP contribution in [0.1, 0.15) is 34.9 Å². The third-order valence-electron chi connectivity index (χ3n) is 4.51. The Morgan fingerprint density at radius 2 is 1.37 bits per heavy atom. The Balaban J connectivity index is 2.05. The molecule has 0 amide bonds. The van der Waals surface area contributed by atoms with Crippen LogP contribution in [0.2, 0.25) is 0 Å². The monoisotopic (exact) mass is 378 g/mol. The summed E-state index contributed by atoms with van der Waals surface area (Å²) in [5.74, 6) is -0.0414. The van der Waals surface area contributed by atoms with Gasteiger partial charge in [-0.25, -0.2) is 0 Å². The Morgan fingerprint density at radius 3 is 1.93 bits per heavy atom. The van der Waals surface area contributed by atoms with Gasteiger partial charge in [0.1, 0.15) is 0 Å². The van der Waals surface area contributed by atoms with E-state index in [9.17, 15) is 9.36 Å². The highest BCUT2D eigenvalue weighted by molar-refractivity contribution is 7.67. The smallest absolute Gasteiger partial charge is 0.239 e. The van der Waals surface area contributed by atoms with Gasteiger partial charge in [0.2, 0.25) is 7.37 Å². The SMILES string of the molecule is CCOP(=O)(c1ccccc1)C(CC(=O)c1ccccc1)c1ccccc1. The second-order valence-corrected chi connectivity index (χ2v) is 8.86. The number of hydrogen-bond donors (Lipinski definition) is 0. The minimum absolute atomic E-state index is 0.0414. The maximum Gasteiger partial charge on any atom is 0.239 e. The molecule has 0 aliphatic heterocycles. The summed E-state index contributed by atoms with van der Waals surface area (Å²) in [5, 5.41) is 0.640. The van der Waals surface area contributed by atoms with E-state index in [1.54, 1.807) is 12.1 Å². The summed E-state index contributed by atoms with van der Waals surface area (Å²) < 4.78 is 20.0. The van der Waals surface area contributed by atoms with Crippen molar-refractivity contribution in [2.24, 2.45) is 0 Å². The normalized spacial score (nSPS) is 14.3. The number of rotatable bonds is 8. The van der Waals surface area contributed by atoms with E-state index in [1.807, 2.05) is 85.8 Å². The summed E-state index contributed by atoms with van der Waals surface area (Å²) in [4.78, 5) is 12.9. The van der Waals surface area contributed by atoms with Crippen molar-refractivity contribution in [1.82, 2.24) is 0 Å². The molecule has 0 heterocycles. The fourth-order valence-electron chi connectivity index (χ4n) is 3.20. The number of Topliss-reactive ketones (excluding diaryl/α,β-unsaturated/α-hetero) is 1. The first kappa shape index (κ1) is 19.3. The average Bonchev–Trinajstić information content (AvgIpc) is 2.74. The molecule has 0 saturated carbocycles.